The first-order chi connectivity index (χ1) is 14.0. The number of nitrogens with one attached hydrogen (secondary N) is 1. The van der Waals surface area contributed by atoms with Crippen LogP contribution in [0.25, 0.3) is 0 Å². The first kappa shape index (κ1) is 21.2. The van der Waals surface area contributed by atoms with Gasteiger partial charge in [0.15, 0.2) is 11.5 Å². The lowest BCUT2D eigenvalue weighted by molar-refractivity contribution is 0.0792. The quantitative estimate of drug-likeness (QED) is 0.677. The third-order valence-electron chi connectivity index (χ3n) is 4.80. The Morgan fingerprint density at radius 1 is 1.14 bits per heavy atom. The molecule has 7 heteroatoms. The Labute approximate surface area is 179 Å². The second kappa shape index (κ2) is 9.78. The van der Waals surface area contributed by atoms with Crippen LogP contribution in [0.3, 0.4) is 0 Å². The van der Waals surface area contributed by atoms with Gasteiger partial charge < -0.3 is 19.7 Å². The third-order valence-corrected chi connectivity index (χ3v) is 5.39. The van der Waals surface area contributed by atoms with E-state index in [1.165, 1.54) is 7.11 Å². The Morgan fingerprint density at radius 3 is 2.59 bits per heavy atom. The van der Waals surface area contributed by atoms with E-state index in [-0.39, 0.29) is 11.8 Å². The van der Waals surface area contributed by atoms with Crippen molar-refractivity contribution < 1.29 is 19.1 Å². The largest absolute Gasteiger partial charge is 0.493 e. The highest BCUT2D eigenvalue weighted by Gasteiger charge is 2.20. The topological polar surface area (TPSA) is 67.9 Å². The SMILES string of the molecule is CCOc1c(Br)cc(C(=O)NCc2cccc(C(=O)N3CCCC3)c2)cc1OC. The number of carbonyl (C=O) groups excluding carboxylic acids is 2. The average Bonchev–Trinajstić information content (AvgIpc) is 3.28. The molecule has 1 saturated heterocycles. The zero-order valence-electron chi connectivity index (χ0n) is 16.7. The summed E-state index contributed by atoms with van der Waals surface area (Å²) in [7, 11) is 1.54. The molecule has 0 aromatic heterocycles. The fourth-order valence-corrected chi connectivity index (χ4v) is 3.89. The molecule has 0 bridgehead atoms. The van der Waals surface area contributed by atoms with Crippen LogP contribution < -0.4 is 14.8 Å². The van der Waals surface area contributed by atoms with E-state index in [1.54, 1.807) is 12.1 Å². The zero-order valence-corrected chi connectivity index (χ0v) is 18.3. The molecule has 0 atom stereocenters. The highest BCUT2D eigenvalue weighted by Crippen LogP contribution is 2.36. The van der Waals surface area contributed by atoms with Crippen molar-refractivity contribution in [1.82, 2.24) is 10.2 Å². The van der Waals surface area contributed by atoms with Crippen molar-refractivity contribution in [3.8, 4) is 11.5 Å². The maximum absolute atomic E-state index is 12.6. The number of rotatable bonds is 7. The van der Waals surface area contributed by atoms with E-state index >= 15 is 0 Å². The minimum atomic E-state index is -0.233. The molecule has 0 saturated carbocycles. The van der Waals surface area contributed by atoms with Crippen LogP contribution in [0, 0.1) is 0 Å². The zero-order chi connectivity index (χ0) is 20.8. The molecule has 1 aliphatic rings. The van der Waals surface area contributed by atoms with Crippen LogP contribution >= 0.6 is 15.9 Å². The van der Waals surface area contributed by atoms with Gasteiger partial charge in [-0.3, -0.25) is 9.59 Å². The summed E-state index contributed by atoms with van der Waals surface area (Å²) in [5, 5.41) is 2.90. The van der Waals surface area contributed by atoms with E-state index < -0.39 is 0 Å². The van der Waals surface area contributed by atoms with Crippen LogP contribution in [0.2, 0.25) is 0 Å². The first-order valence-corrected chi connectivity index (χ1v) is 10.5. The van der Waals surface area contributed by atoms with Gasteiger partial charge in [0.2, 0.25) is 0 Å². The minimum Gasteiger partial charge on any atom is -0.493 e. The van der Waals surface area contributed by atoms with E-state index in [2.05, 4.69) is 21.2 Å². The molecule has 0 unspecified atom stereocenters. The monoisotopic (exact) mass is 460 g/mol. The summed E-state index contributed by atoms with van der Waals surface area (Å²) in [6.07, 6.45) is 2.12. The molecule has 1 fully saturated rings. The molecule has 0 radical (unpaired) electrons. The molecule has 1 N–H and O–H groups in total. The number of benzene rings is 2. The fourth-order valence-electron chi connectivity index (χ4n) is 3.34. The van der Waals surface area contributed by atoms with E-state index in [0.29, 0.717) is 40.3 Å². The fraction of sp³-hybridized carbons (Fsp3) is 0.364. The molecular weight excluding hydrogens is 436 g/mol. The number of nitrogens with zero attached hydrogens (tertiary/aromatic N) is 1. The van der Waals surface area contributed by atoms with Crippen molar-refractivity contribution in [2.75, 3.05) is 26.8 Å². The van der Waals surface area contributed by atoms with Gasteiger partial charge in [-0.15, -0.1) is 0 Å². The van der Waals surface area contributed by atoms with Gasteiger partial charge in [0.1, 0.15) is 0 Å². The average molecular weight is 461 g/mol. The Hall–Kier alpha value is -2.54. The van der Waals surface area contributed by atoms with Crippen LogP contribution in [0.5, 0.6) is 11.5 Å². The lowest BCUT2D eigenvalue weighted by Crippen LogP contribution is -2.28. The number of hydrogen-bond acceptors (Lipinski definition) is 4. The van der Waals surface area contributed by atoms with Gasteiger partial charge in [-0.2, -0.15) is 0 Å². The molecule has 0 spiro atoms. The Balaban J connectivity index is 1.68. The Bertz CT molecular complexity index is 894. The van der Waals surface area contributed by atoms with E-state index in [0.717, 1.165) is 31.5 Å². The molecule has 2 aromatic carbocycles. The lowest BCUT2D eigenvalue weighted by Gasteiger charge is -2.16. The van der Waals surface area contributed by atoms with Crippen molar-refractivity contribution >= 4 is 27.7 Å². The first-order valence-electron chi connectivity index (χ1n) is 9.70. The summed E-state index contributed by atoms with van der Waals surface area (Å²) in [6, 6.07) is 10.8. The highest BCUT2D eigenvalue weighted by atomic mass is 79.9. The molecule has 1 heterocycles. The predicted molar refractivity (Wildman–Crippen MR) is 115 cm³/mol. The van der Waals surface area contributed by atoms with E-state index in [4.69, 9.17) is 9.47 Å². The minimum absolute atomic E-state index is 0.0517. The molecule has 0 aliphatic carbocycles. The number of likely N-dealkylation sites (tertiary alicyclic amines) is 1. The predicted octanol–water partition coefficient (Wildman–Crippen LogP) is 4.02. The summed E-state index contributed by atoms with van der Waals surface area (Å²) >= 11 is 3.43. The van der Waals surface area contributed by atoms with E-state index in [1.807, 2.05) is 36.1 Å². The standard InChI is InChI=1S/C22H25BrN2O4/c1-3-29-20-18(23)12-17(13-19(20)28-2)21(26)24-14-15-7-6-8-16(11-15)22(27)25-9-4-5-10-25/h6-8,11-13H,3-5,9-10,14H2,1-2H3,(H,24,26). The molecule has 2 amide bonds. The van der Waals surface area contributed by atoms with Crippen LogP contribution in [-0.2, 0) is 6.54 Å². The van der Waals surface area contributed by atoms with Gasteiger partial charge in [-0.25, -0.2) is 0 Å². The van der Waals surface area contributed by atoms with E-state index in [9.17, 15) is 9.59 Å². The number of methoxy groups -OCH3 is 1. The summed E-state index contributed by atoms with van der Waals surface area (Å²) in [5.41, 5.74) is 1.99. The van der Waals surface area contributed by atoms with Crippen LogP contribution in [0.4, 0.5) is 0 Å². The van der Waals surface area contributed by atoms with Crippen LogP contribution in [0.1, 0.15) is 46.0 Å². The molecule has 2 aromatic rings. The van der Waals surface area contributed by atoms with Gasteiger partial charge in [-0.1, -0.05) is 12.1 Å². The summed E-state index contributed by atoms with van der Waals surface area (Å²) in [5.74, 6) is 0.878. The molecule has 6 nitrogen and oxygen atoms in total. The lowest BCUT2D eigenvalue weighted by atomic mass is 10.1. The maximum Gasteiger partial charge on any atom is 0.253 e. The van der Waals surface area contributed by atoms with Crippen molar-refractivity contribution in [3.63, 3.8) is 0 Å². The molecule has 29 heavy (non-hydrogen) atoms. The molecule has 1 aliphatic heterocycles. The van der Waals surface area contributed by atoms with Gasteiger partial charge in [-0.05, 0) is 65.5 Å². The molecule has 154 valence electrons. The van der Waals surface area contributed by atoms with Crippen molar-refractivity contribution in [1.29, 1.82) is 0 Å². The molecule has 3 rings (SSSR count). The summed E-state index contributed by atoms with van der Waals surface area (Å²) in [6.45, 7) is 4.33. The number of halogens is 1. The van der Waals surface area contributed by atoms with Crippen molar-refractivity contribution in [2.24, 2.45) is 0 Å². The number of amides is 2. The van der Waals surface area contributed by atoms with Crippen molar-refractivity contribution in [2.45, 2.75) is 26.3 Å². The number of ether oxygens (including phenoxy) is 2. The summed E-state index contributed by atoms with van der Waals surface area (Å²) < 4.78 is 11.6. The summed E-state index contributed by atoms with van der Waals surface area (Å²) in [4.78, 5) is 27.1. The second-order valence-corrected chi connectivity index (χ2v) is 7.66. The number of hydrogen-bond donors (Lipinski definition) is 1. The maximum atomic E-state index is 12.6. The number of carbonyl (C=O) groups is 2. The van der Waals surface area contributed by atoms with Gasteiger partial charge in [0.05, 0.1) is 18.2 Å². The van der Waals surface area contributed by atoms with Crippen molar-refractivity contribution in [3.05, 3.63) is 57.6 Å². The highest BCUT2D eigenvalue weighted by molar-refractivity contribution is 9.10. The smallest absolute Gasteiger partial charge is 0.253 e. The normalized spacial score (nSPS) is 13.3. The van der Waals surface area contributed by atoms with Gasteiger partial charge in [0, 0.05) is 30.8 Å². The molecular formula is C22H25BrN2O4. The van der Waals surface area contributed by atoms with Gasteiger partial charge >= 0.3 is 0 Å². The van der Waals surface area contributed by atoms with Gasteiger partial charge in [0.25, 0.3) is 11.8 Å². The third kappa shape index (κ3) is 5.09. The van der Waals surface area contributed by atoms with Crippen LogP contribution in [-0.4, -0.2) is 43.5 Å². The Morgan fingerprint density at radius 2 is 1.90 bits per heavy atom. The van der Waals surface area contributed by atoms with Crippen LogP contribution in [0.15, 0.2) is 40.9 Å². The Kier molecular flexibility index (Phi) is 7.14. The second-order valence-electron chi connectivity index (χ2n) is 6.80.